The highest BCUT2D eigenvalue weighted by Crippen LogP contribution is 2.34. The van der Waals surface area contributed by atoms with E-state index in [1.165, 1.54) is 0 Å². The molecule has 0 radical (unpaired) electrons. The molecule has 0 aliphatic carbocycles. The summed E-state index contributed by atoms with van der Waals surface area (Å²) in [6.07, 6.45) is 1.70. The molecule has 36 heavy (non-hydrogen) atoms. The summed E-state index contributed by atoms with van der Waals surface area (Å²) in [7, 11) is 0. The Hall–Kier alpha value is -3.49. The van der Waals surface area contributed by atoms with Crippen LogP contribution in [0, 0.1) is 20.8 Å². The first-order valence-electron chi connectivity index (χ1n) is 11.4. The minimum atomic E-state index is -0.490. The van der Waals surface area contributed by atoms with E-state index in [0.717, 1.165) is 44.9 Å². The molecular formula is C27H26ClN3O4S. The molecule has 0 saturated carbocycles. The van der Waals surface area contributed by atoms with Crippen LogP contribution < -0.4 is 10.1 Å². The Bertz CT molecular complexity index is 1380. The molecule has 1 N–H and O–H groups in total. The zero-order chi connectivity index (χ0) is 26.0. The maximum atomic E-state index is 13.0. The molecule has 1 aromatic heterocycles. The van der Waals surface area contributed by atoms with E-state index >= 15 is 0 Å². The minimum absolute atomic E-state index is 0.275. The highest BCUT2D eigenvalue weighted by molar-refractivity contribution is 8.18. The van der Waals surface area contributed by atoms with Crippen molar-refractivity contribution in [1.29, 1.82) is 0 Å². The smallest absolute Gasteiger partial charge is 0.294 e. The van der Waals surface area contributed by atoms with Crippen LogP contribution in [0.1, 0.15) is 29.4 Å². The average molecular weight is 524 g/mol. The second-order valence-electron chi connectivity index (χ2n) is 8.37. The summed E-state index contributed by atoms with van der Waals surface area (Å²) < 4.78 is 7.46. The zero-order valence-corrected chi connectivity index (χ0v) is 22.0. The van der Waals surface area contributed by atoms with E-state index < -0.39 is 17.1 Å². The van der Waals surface area contributed by atoms with Crippen molar-refractivity contribution in [2.45, 2.75) is 27.7 Å². The van der Waals surface area contributed by atoms with E-state index in [2.05, 4.69) is 9.88 Å². The van der Waals surface area contributed by atoms with Crippen LogP contribution in [-0.2, 0) is 9.59 Å². The summed E-state index contributed by atoms with van der Waals surface area (Å²) >= 11 is 7.05. The maximum absolute atomic E-state index is 13.0. The monoisotopic (exact) mass is 523 g/mol. The van der Waals surface area contributed by atoms with Crippen LogP contribution in [0.4, 0.5) is 10.5 Å². The van der Waals surface area contributed by atoms with Gasteiger partial charge in [0.05, 0.1) is 11.5 Å². The van der Waals surface area contributed by atoms with Crippen LogP contribution >= 0.6 is 23.4 Å². The van der Waals surface area contributed by atoms with Crippen molar-refractivity contribution in [3.05, 3.63) is 81.0 Å². The van der Waals surface area contributed by atoms with E-state index in [-0.39, 0.29) is 11.4 Å². The van der Waals surface area contributed by atoms with Gasteiger partial charge in [-0.25, -0.2) is 0 Å². The van der Waals surface area contributed by atoms with E-state index in [1.54, 1.807) is 30.3 Å². The molecule has 1 aliphatic rings. The lowest BCUT2D eigenvalue weighted by molar-refractivity contribution is -0.127. The number of carbonyl (C=O) groups is 3. The maximum Gasteiger partial charge on any atom is 0.294 e. The van der Waals surface area contributed by atoms with Crippen molar-refractivity contribution >= 4 is 52.2 Å². The molecule has 1 saturated heterocycles. The number of hydrogen-bond donors (Lipinski definition) is 1. The number of ether oxygens (including phenoxy) is 1. The number of nitrogens with zero attached hydrogens (tertiary/aromatic N) is 2. The number of rotatable bonds is 7. The van der Waals surface area contributed by atoms with Crippen molar-refractivity contribution in [1.82, 2.24) is 9.47 Å². The third kappa shape index (κ3) is 5.34. The molecular weight excluding hydrogens is 498 g/mol. The number of hydrogen-bond acceptors (Lipinski definition) is 5. The SMILES string of the molecule is CCOc1ccc(NC(=O)CN2C(=O)S/C(=C/c3cc(C)n(-c4cc(Cl)ccc4C)c3C)C2=O)cc1. The quantitative estimate of drug-likeness (QED) is 0.377. The van der Waals surface area contributed by atoms with Crippen molar-refractivity contribution in [3.8, 4) is 11.4 Å². The number of halogens is 1. The fraction of sp³-hybridized carbons (Fsp3) is 0.222. The topological polar surface area (TPSA) is 80.6 Å². The molecule has 0 bridgehead atoms. The second-order valence-corrected chi connectivity index (χ2v) is 9.80. The lowest BCUT2D eigenvalue weighted by Crippen LogP contribution is -2.36. The molecule has 2 aromatic carbocycles. The molecule has 4 rings (SSSR count). The van der Waals surface area contributed by atoms with Crippen molar-refractivity contribution in [2.75, 3.05) is 18.5 Å². The van der Waals surface area contributed by atoms with Crippen LogP contribution in [0.25, 0.3) is 11.8 Å². The highest BCUT2D eigenvalue weighted by Gasteiger charge is 2.36. The highest BCUT2D eigenvalue weighted by atomic mass is 35.5. The molecule has 1 fully saturated rings. The molecule has 7 nitrogen and oxygen atoms in total. The molecule has 3 amide bonds. The Morgan fingerprint density at radius 1 is 1.08 bits per heavy atom. The number of aryl methyl sites for hydroxylation is 2. The summed E-state index contributed by atoms with van der Waals surface area (Å²) in [6, 6.07) is 14.5. The van der Waals surface area contributed by atoms with Crippen LogP contribution in [0.15, 0.2) is 53.4 Å². The van der Waals surface area contributed by atoms with Gasteiger partial charge >= 0.3 is 0 Å². The van der Waals surface area contributed by atoms with E-state index in [9.17, 15) is 14.4 Å². The van der Waals surface area contributed by atoms with Crippen LogP contribution in [0.2, 0.25) is 5.02 Å². The number of amides is 3. The Morgan fingerprint density at radius 2 is 1.81 bits per heavy atom. The number of benzene rings is 2. The predicted octanol–water partition coefficient (Wildman–Crippen LogP) is 6.13. The summed E-state index contributed by atoms with van der Waals surface area (Å²) in [4.78, 5) is 39.3. The Morgan fingerprint density at radius 3 is 2.50 bits per heavy atom. The third-order valence-corrected chi connectivity index (χ3v) is 6.94. The van der Waals surface area contributed by atoms with Gasteiger partial charge in [0.25, 0.3) is 11.1 Å². The first-order chi connectivity index (χ1) is 17.2. The van der Waals surface area contributed by atoms with E-state index in [4.69, 9.17) is 16.3 Å². The summed E-state index contributed by atoms with van der Waals surface area (Å²) in [6.45, 7) is 8.00. The predicted molar refractivity (Wildman–Crippen MR) is 144 cm³/mol. The van der Waals surface area contributed by atoms with Gasteiger partial charge in [-0.1, -0.05) is 17.7 Å². The number of aromatic nitrogens is 1. The number of carbonyl (C=O) groups excluding carboxylic acids is 3. The number of thioether (sulfide) groups is 1. The zero-order valence-electron chi connectivity index (χ0n) is 20.4. The van der Waals surface area contributed by atoms with Crippen LogP contribution in [-0.4, -0.2) is 39.7 Å². The Kier molecular flexibility index (Phi) is 7.56. The van der Waals surface area contributed by atoms with Gasteiger partial charge in [-0.05, 0) is 99.1 Å². The first-order valence-corrected chi connectivity index (χ1v) is 12.6. The fourth-order valence-corrected chi connectivity index (χ4v) is 5.05. The second kappa shape index (κ2) is 10.6. The summed E-state index contributed by atoms with van der Waals surface area (Å²) in [5.74, 6) is -0.260. The van der Waals surface area contributed by atoms with E-state index in [0.29, 0.717) is 23.1 Å². The van der Waals surface area contributed by atoms with E-state index in [1.807, 2.05) is 52.0 Å². The van der Waals surface area contributed by atoms with Gasteiger partial charge < -0.3 is 14.6 Å². The van der Waals surface area contributed by atoms with Gasteiger partial charge in [-0.3, -0.25) is 19.3 Å². The fourth-order valence-electron chi connectivity index (χ4n) is 4.05. The number of nitrogens with one attached hydrogen (secondary N) is 1. The molecule has 0 unspecified atom stereocenters. The first kappa shape index (κ1) is 25.6. The van der Waals surface area contributed by atoms with Gasteiger partial charge in [-0.2, -0.15) is 0 Å². The van der Waals surface area contributed by atoms with Crippen molar-refractivity contribution < 1.29 is 19.1 Å². The third-order valence-electron chi connectivity index (χ3n) is 5.79. The average Bonchev–Trinajstić information content (AvgIpc) is 3.26. The van der Waals surface area contributed by atoms with Crippen molar-refractivity contribution in [3.63, 3.8) is 0 Å². The minimum Gasteiger partial charge on any atom is -0.494 e. The summed E-state index contributed by atoms with van der Waals surface area (Å²) in [5, 5.41) is 2.86. The van der Waals surface area contributed by atoms with Gasteiger partial charge in [0.15, 0.2) is 0 Å². The molecule has 3 aromatic rings. The lowest BCUT2D eigenvalue weighted by atomic mass is 10.2. The largest absolute Gasteiger partial charge is 0.494 e. The van der Waals surface area contributed by atoms with Crippen molar-refractivity contribution in [2.24, 2.45) is 0 Å². The van der Waals surface area contributed by atoms with Gasteiger partial charge in [0, 0.05) is 27.8 Å². The molecule has 9 heteroatoms. The lowest BCUT2D eigenvalue weighted by Gasteiger charge is -2.13. The van der Waals surface area contributed by atoms with Gasteiger partial charge in [0.1, 0.15) is 12.3 Å². The Balaban J connectivity index is 1.50. The number of imide groups is 1. The molecule has 2 heterocycles. The normalized spacial score (nSPS) is 14.6. The van der Waals surface area contributed by atoms with Gasteiger partial charge in [0.2, 0.25) is 5.91 Å². The van der Waals surface area contributed by atoms with Crippen LogP contribution in [0.5, 0.6) is 5.75 Å². The standard InChI is InChI=1S/C27H26ClN3O4S/c1-5-35-22-10-8-21(9-11-22)29-25(32)15-30-26(33)24(36-27(30)34)13-19-12-17(3)31(18(19)4)23-14-20(28)7-6-16(23)2/h6-14H,5,15H2,1-4H3,(H,29,32)/b24-13+. The Labute approximate surface area is 219 Å². The summed E-state index contributed by atoms with van der Waals surface area (Å²) in [5.41, 5.74) is 5.27. The molecule has 0 spiro atoms. The molecule has 0 atom stereocenters. The molecule has 186 valence electrons. The van der Waals surface area contributed by atoms with Gasteiger partial charge in [-0.15, -0.1) is 0 Å². The van der Waals surface area contributed by atoms with Crippen LogP contribution in [0.3, 0.4) is 0 Å². The number of anilines is 1. The molecule has 1 aliphatic heterocycles.